The second-order valence-corrected chi connectivity index (χ2v) is 5.37. The zero-order valence-corrected chi connectivity index (χ0v) is 12.7. The lowest BCUT2D eigenvalue weighted by Gasteiger charge is -2.10. The summed E-state index contributed by atoms with van der Waals surface area (Å²) in [6.45, 7) is 3.70. The first-order valence-electron chi connectivity index (χ1n) is 5.52. The highest BCUT2D eigenvalue weighted by molar-refractivity contribution is 9.10. The van der Waals surface area contributed by atoms with Gasteiger partial charge in [-0.2, -0.15) is 5.26 Å². The van der Waals surface area contributed by atoms with Crippen molar-refractivity contribution in [2.45, 2.75) is 13.8 Å². The Morgan fingerprint density at radius 1 is 1.32 bits per heavy atom. The highest BCUT2D eigenvalue weighted by Gasteiger charge is 2.12. The van der Waals surface area contributed by atoms with Crippen LogP contribution >= 0.6 is 27.5 Å². The molecule has 0 N–H and O–H groups in total. The minimum Gasteiger partial charge on any atom is -0.436 e. The summed E-state index contributed by atoms with van der Waals surface area (Å²) in [5.74, 6) is 0.741. The van der Waals surface area contributed by atoms with E-state index in [1.54, 1.807) is 12.1 Å². The normalized spacial score (nSPS) is 10.1. The third kappa shape index (κ3) is 3.06. The van der Waals surface area contributed by atoms with E-state index in [1.807, 2.05) is 26.0 Å². The van der Waals surface area contributed by atoms with Gasteiger partial charge in [0.05, 0.1) is 5.02 Å². The summed E-state index contributed by atoms with van der Waals surface area (Å²) in [6.07, 6.45) is 0. The molecule has 0 radical (unpaired) electrons. The molecule has 3 nitrogen and oxygen atoms in total. The predicted molar refractivity (Wildman–Crippen MR) is 77.7 cm³/mol. The van der Waals surface area contributed by atoms with Gasteiger partial charge in [-0.3, -0.25) is 0 Å². The van der Waals surface area contributed by atoms with Gasteiger partial charge in [-0.05, 0) is 43.7 Å². The molecule has 0 fully saturated rings. The van der Waals surface area contributed by atoms with Crippen molar-refractivity contribution < 1.29 is 4.74 Å². The lowest BCUT2D eigenvalue weighted by atomic mass is 10.1. The molecule has 96 valence electrons. The van der Waals surface area contributed by atoms with E-state index in [9.17, 15) is 5.26 Å². The fourth-order valence-corrected chi connectivity index (χ4v) is 2.17. The van der Waals surface area contributed by atoms with E-state index < -0.39 is 0 Å². The second-order valence-electron chi connectivity index (χ2n) is 4.05. The molecular formula is C14H10BrClN2O. The molecule has 0 aliphatic rings. The van der Waals surface area contributed by atoms with Crippen LogP contribution in [0.5, 0.6) is 11.6 Å². The molecule has 2 rings (SSSR count). The molecule has 0 atom stereocenters. The van der Waals surface area contributed by atoms with Crippen LogP contribution in [0, 0.1) is 25.2 Å². The first-order valence-corrected chi connectivity index (χ1v) is 6.69. The van der Waals surface area contributed by atoms with Crippen LogP contribution in [0.15, 0.2) is 28.7 Å². The van der Waals surface area contributed by atoms with Gasteiger partial charge >= 0.3 is 0 Å². The van der Waals surface area contributed by atoms with Gasteiger partial charge in [-0.15, -0.1) is 0 Å². The topological polar surface area (TPSA) is 45.9 Å². The first-order chi connectivity index (χ1) is 9.01. The lowest BCUT2D eigenvalue weighted by molar-refractivity contribution is 0.459. The molecular weight excluding hydrogens is 328 g/mol. The number of nitriles is 1. The molecule has 19 heavy (non-hydrogen) atoms. The number of ether oxygens (including phenoxy) is 1. The number of aryl methyl sites for hydroxylation is 2. The molecule has 1 aromatic heterocycles. The lowest BCUT2D eigenvalue weighted by Crippen LogP contribution is -1.97. The van der Waals surface area contributed by atoms with E-state index >= 15 is 0 Å². The maximum atomic E-state index is 9.18. The third-order valence-corrected chi connectivity index (χ3v) is 3.33. The van der Waals surface area contributed by atoms with Crippen LogP contribution in [0.1, 0.15) is 16.8 Å². The maximum absolute atomic E-state index is 9.18. The van der Waals surface area contributed by atoms with Gasteiger partial charge in [0.2, 0.25) is 5.88 Å². The highest BCUT2D eigenvalue weighted by Crippen LogP contribution is 2.33. The van der Waals surface area contributed by atoms with Gasteiger partial charge in [-0.25, -0.2) is 4.98 Å². The average molecular weight is 338 g/mol. The Kier molecular flexibility index (Phi) is 4.08. The molecule has 1 heterocycles. The van der Waals surface area contributed by atoms with Gasteiger partial charge in [0.1, 0.15) is 17.4 Å². The summed E-state index contributed by atoms with van der Waals surface area (Å²) < 4.78 is 6.52. The number of rotatable bonds is 2. The van der Waals surface area contributed by atoms with E-state index in [0.29, 0.717) is 16.3 Å². The largest absolute Gasteiger partial charge is 0.436 e. The Hall–Kier alpha value is -1.57. The predicted octanol–water partition coefficient (Wildman–Crippen LogP) is 4.78. The van der Waals surface area contributed by atoms with Crippen molar-refractivity contribution in [2.24, 2.45) is 0 Å². The summed E-state index contributed by atoms with van der Waals surface area (Å²) in [5, 5.41) is 9.65. The van der Waals surface area contributed by atoms with Crippen LogP contribution in [0.2, 0.25) is 5.02 Å². The number of hydrogen-bond donors (Lipinski definition) is 0. The zero-order chi connectivity index (χ0) is 14.0. The Balaban J connectivity index is 2.49. The first kappa shape index (κ1) is 13.9. The molecule has 5 heteroatoms. The summed E-state index contributed by atoms with van der Waals surface area (Å²) in [6, 6.07) is 9.22. The molecule has 0 saturated heterocycles. The van der Waals surface area contributed by atoms with Crippen molar-refractivity contribution in [2.75, 3.05) is 0 Å². The molecule has 0 amide bonds. The number of benzene rings is 1. The average Bonchev–Trinajstić information content (AvgIpc) is 2.33. The SMILES string of the molecule is Cc1cc(C)c(C#N)c(Oc2cc(Br)ccc2Cl)n1. The quantitative estimate of drug-likeness (QED) is 0.792. The summed E-state index contributed by atoms with van der Waals surface area (Å²) in [5.41, 5.74) is 2.04. The molecule has 0 saturated carbocycles. The molecule has 0 unspecified atom stereocenters. The van der Waals surface area contributed by atoms with Crippen molar-refractivity contribution in [3.63, 3.8) is 0 Å². The Morgan fingerprint density at radius 3 is 2.74 bits per heavy atom. The van der Waals surface area contributed by atoms with Gasteiger partial charge in [0.25, 0.3) is 0 Å². The van der Waals surface area contributed by atoms with Crippen molar-refractivity contribution in [3.05, 3.63) is 50.6 Å². The van der Waals surface area contributed by atoms with Crippen LogP contribution in [0.3, 0.4) is 0 Å². The van der Waals surface area contributed by atoms with Crippen LogP contribution in [0.25, 0.3) is 0 Å². The van der Waals surface area contributed by atoms with Crippen molar-refractivity contribution in [3.8, 4) is 17.7 Å². The second kappa shape index (κ2) is 5.60. The molecule has 0 spiro atoms. The summed E-state index contributed by atoms with van der Waals surface area (Å²) in [4.78, 5) is 4.25. The maximum Gasteiger partial charge on any atom is 0.237 e. The minimum atomic E-state index is 0.278. The molecule has 0 bridgehead atoms. The zero-order valence-electron chi connectivity index (χ0n) is 10.4. The van der Waals surface area contributed by atoms with Gasteiger partial charge in [0.15, 0.2) is 0 Å². The Bertz CT molecular complexity index is 680. The number of halogens is 2. The van der Waals surface area contributed by atoms with Crippen LogP contribution < -0.4 is 4.74 Å². The summed E-state index contributed by atoms with van der Waals surface area (Å²) in [7, 11) is 0. The van der Waals surface area contributed by atoms with E-state index in [4.69, 9.17) is 16.3 Å². The molecule has 0 aliphatic carbocycles. The Labute approximate surface area is 124 Å². The number of nitrogens with zero attached hydrogens (tertiary/aromatic N) is 2. The van der Waals surface area contributed by atoms with E-state index in [-0.39, 0.29) is 5.88 Å². The number of hydrogen-bond acceptors (Lipinski definition) is 3. The smallest absolute Gasteiger partial charge is 0.237 e. The highest BCUT2D eigenvalue weighted by atomic mass is 79.9. The van der Waals surface area contributed by atoms with Crippen molar-refractivity contribution in [1.82, 2.24) is 4.98 Å². The number of pyridine rings is 1. The van der Waals surface area contributed by atoms with Gasteiger partial charge in [0, 0.05) is 10.2 Å². The molecule has 1 aromatic carbocycles. The van der Waals surface area contributed by atoms with Crippen molar-refractivity contribution in [1.29, 1.82) is 5.26 Å². The van der Waals surface area contributed by atoms with E-state index in [0.717, 1.165) is 15.7 Å². The van der Waals surface area contributed by atoms with Gasteiger partial charge in [-0.1, -0.05) is 27.5 Å². The standard InChI is InChI=1S/C14H10BrClN2O/c1-8-5-9(2)18-14(11(8)7-17)19-13-6-10(15)3-4-12(13)16/h3-6H,1-2H3. The van der Waals surface area contributed by atoms with Crippen LogP contribution in [0.4, 0.5) is 0 Å². The summed E-state index contributed by atoms with van der Waals surface area (Å²) >= 11 is 9.41. The molecule has 2 aromatic rings. The van der Waals surface area contributed by atoms with Crippen molar-refractivity contribution >= 4 is 27.5 Å². The minimum absolute atomic E-state index is 0.278. The number of aromatic nitrogens is 1. The fraction of sp³-hybridized carbons (Fsp3) is 0.143. The fourth-order valence-electron chi connectivity index (χ4n) is 1.67. The molecule has 0 aliphatic heterocycles. The van der Waals surface area contributed by atoms with E-state index in [2.05, 4.69) is 27.0 Å². The van der Waals surface area contributed by atoms with Crippen LogP contribution in [-0.4, -0.2) is 4.98 Å². The van der Waals surface area contributed by atoms with Gasteiger partial charge < -0.3 is 4.74 Å². The Morgan fingerprint density at radius 2 is 2.05 bits per heavy atom. The monoisotopic (exact) mass is 336 g/mol. The van der Waals surface area contributed by atoms with Crippen LogP contribution in [-0.2, 0) is 0 Å². The third-order valence-electron chi connectivity index (χ3n) is 2.52. The van der Waals surface area contributed by atoms with E-state index in [1.165, 1.54) is 0 Å².